The maximum atomic E-state index is 12.4. The van der Waals surface area contributed by atoms with Crippen LogP contribution in [0.1, 0.15) is 54.8 Å². The number of imide groups is 1. The van der Waals surface area contributed by atoms with Gasteiger partial charge in [0.1, 0.15) is 0 Å². The molecule has 142 valence electrons. The molecule has 0 unspecified atom stereocenters. The zero-order valence-electron chi connectivity index (χ0n) is 16.0. The lowest BCUT2D eigenvalue weighted by molar-refractivity contribution is 0.0609. The summed E-state index contributed by atoms with van der Waals surface area (Å²) in [6.45, 7) is 11.3. The first-order valence-corrected chi connectivity index (χ1v) is 9.18. The molecule has 2 rings (SSSR count). The SMILES string of the molecule is CCN(CC)CCCNC(=O)Nc1ccc2c(c1)C(=O)N(C(C)C)C2=O. The number of fused-ring (bicyclic) bond motifs is 1. The minimum Gasteiger partial charge on any atom is -0.338 e. The van der Waals surface area contributed by atoms with E-state index < -0.39 is 0 Å². The largest absolute Gasteiger partial charge is 0.338 e. The molecule has 0 atom stereocenters. The highest BCUT2D eigenvalue weighted by Gasteiger charge is 2.37. The number of hydrogen-bond donors (Lipinski definition) is 2. The van der Waals surface area contributed by atoms with Crippen molar-refractivity contribution in [1.29, 1.82) is 0 Å². The molecule has 1 aromatic carbocycles. The van der Waals surface area contributed by atoms with E-state index in [4.69, 9.17) is 0 Å². The summed E-state index contributed by atoms with van der Waals surface area (Å²) in [6.07, 6.45) is 0.871. The number of amides is 4. The zero-order valence-corrected chi connectivity index (χ0v) is 16.0. The first-order chi connectivity index (χ1) is 12.4. The summed E-state index contributed by atoms with van der Waals surface area (Å²) in [5, 5.41) is 5.53. The van der Waals surface area contributed by atoms with Crippen molar-refractivity contribution in [2.24, 2.45) is 0 Å². The lowest BCUT2D eigenvalue weighted by Crippen LogP contribution is -2.35. The molecule has 0 saturated heterocycles. The average Bonchev–Trinajstić information content (AvgIpc) is 2.85. The predicted molar refractivity (Wildman–Crippen MR) is 102 cm³/mol. The second-order valence-corrected chi connectivity index (χ2v) is 6.60. The van der Waals surface area contributed by atoms with Gasteiger partial charge in [-0.05, 0) is 58.1 Å². The summed E-state index contributed by atoms with van der Waals surface area (Å²) in [7, 11) is 0. The van der Waals surface area contributed by atoms with Gasteiger partial charge in [0, 0.05) is 18.3 Å². The summed E-state index contributed by atoms with van der Waals surface area (Å²) in [5.41, 5.74) is 1.22. The molecule has 1 aromatic rings. The van der Waals surface area contributed by atoms with Gasteiger partial charge >= 0.3 is 6.03 Å². The third-order valence-electron chi connectivity index (χ3n) is 4.52. The Bertz CT molecular complexity index is 683. The maximum absolute atomic E-state index is 12.4. The molecule has 1 aliphatic rings. The van der Waals surface area contributed by atoms with Crippen LogP contribution in [0.3, 0.4) is 0 Å². The topological polar surface area (TPSA) is 81.8 Å². The van der Waals surface area contributed by atoms with Gasteiger partial charge in [-0.25, -0.2) is 4.79 Å². The standard InChI is InChI=1S/C19H28N4O3/c1-5-22(6-2)11-7-10-20-19(26)21-14-8-9-15-16(12-14)18(25)23(13(3)4)17(15)24/h8-9,12-13H,5-7,10-11H2,1-4H3,(H2,20,21,26). The Kier molecular flexibility index (Phi) is 6.74. The van der Waals surface area contributed by atoms with Crippen molar-refractivity contribution in [2.75, 3.05) is 31.5 Å². The van der Waals surface area contributed by atoms with Gasteiger partial charge in [-0.2, -0.15) is 0 Å². The molecular formula is C19H28N4O3. The van der Waals surface area contributed by atoms with Crippen LogP contribution in [0.5, 0.6) is 0 Å². The third kappa shape index (κ3) is 4.40. The fraction of sp³-hybridized carbons (Fsp3) is 0.526. The number of anilines is 1. The van der Waals surface area contributed by atoms with Crippen molar-refractivity contribution < 1.29 is 14.4 Å². The Morgan fingerprint density at radius 1 is 1.12 bits per heavy atom. The van der Waals surface area contributed by atoms with Gasteiger partial charge in [0.2, 0.25) is 0 Å². The number of benzene rings is 1. The molecule has 0 spiro atoms. The molecule has 7 nitrogen and oxygen atoms in total. The summed E-state index contributed by atoms with van der Waals surface area (Å²) in [5.74, 6) is -0.601. The van der Waals surface area contributed by atoms with E-state index in [9.17, 15) is 14.4 Å². The molecule has 0 fully saturated rings. The molecule has 0 radical (unpaired) electrons. The molecule has 4 amide bonds. The minimum atomic E-state index is -0.318. The number of hydrogen-bond acceptors (Lipinski definition) is 4. The summed E-state index contributed by atoms with van der Waals surface area (Å²) >= 11 is 0. The van der Waals surface area contributed by atoms with Crippen molar-refractivity contribution in [3.63, 3.8) is 0 Å². The molecule has 1 aliphatic heterocycles. The highest BCUT2D eigenvalue weighted by Crippen LogP contribution is 2.27. The third-order valence-corrected chi connectivity index (χ3v) is 4.52. The first-order valence-electron chi connectivity index (χ1n) is 9.18. The minimum absolute atomic E-state index is 0.201. The van der Waals surface area contributed by atoms with E-state index in [-0.39, 0.29) is 23.9 Å². The Balaban J connectivity index is 1.91. The number of carbonyl (C=O) groups excluding carboxylic acids is 3. The lowest BCUT2D eigenvalue weighted by Gasteiger charge is -2.17. The Labute approximate surface area is 154 Å². The van der Waals surface area contributed by atoms with Crippen LogP contribution < -0.4 is 10.6 Å². The van der Waals surface area contributed by atoms with Gasteiger partial charge in [-0.15, -0.1) is 0 Å². The van der Waals surface area contributed by atoms with E-state index in [0.717, 1.165) is 26.1 Å². The van der Waals surface area contributed by atoms with Gasteiger partial charge in [0.05, 0.1) is 11.1 Å². The van der Waals surface area contributed by atoms with E-state index in [1.807, 2.05) is 0 Å². The monoisotopic (exact) mass is 360 g/mol. The number of urea groups is 1. The maximum Gasteiger partial charge on any atom is 0.319 e. The van der Waals surface area contributed by atoms with Gasteiger partial charge in [-0.3, -0.25) is 14.5 Å². The van der Waals surface area contributed by atoms with Crippen LogP contribution in [0.2, 0.25) is 0 Å². The molecule has 1 heterocycles. The Morgan fingerprint density at radius 2 is 1.77 bits per heavy atom. The van der Waals surface area contributed by atoms with Crippen LogP contribution in [-0.4, -0.2) is 59.9 Å². The van der Waals surface area contributed by atoms with E-state index in [1.54, 1.807) is 32.0 Å². The van der Waals surface area contributed by atoms with Gasteiger partial charge in [-0.1, -0.05) is 13.8 Å². The molecule has 7 heteroatoms. The smallest absolute Gasteiger partial charge is 0.319 e. The number of nitrogens with one attached hydrogen (secondary N) is 2. The van der Waals surface area contributed by atoms with Crippen LogP contribution in [0.4, 0.5) is 10.5 Å². The highest BCUT2D eigenvalue weighted by molar-refractivity contribution is 6.22. The van der Waals surface area contributed by atoms with Crippen molar-refractivity contribution in [3.8, 4) is 0 Å². The van der Waals surface area contributed by atoms with E-state index in [2.05, 4.69) is 29.4 Å². The van der Waals surface area contributed by atoms with E-state index in [1.165, 1.54) is 4.90 Å². The second-order valence-electron chi connectivity index (χ2n) is 6.60. The molecule has 0 aliphatic carbocycles. The molecule has 2 N–H and O–H groups in total. The fourth-order valence-electron chi connectivity index (χ4n) is 3.03. The van der Waals surface area contributed by atoms with Crippen LogP contribution in [0.25, 0.3) is 0 Å². The number of rotatable bonds is 8. The van der Waals surface area contributed by atoms with Crippen molar-refractivity contribution in [1.82, 2.24) is 15.1 Å². The van der Waals surface area contributed by atoms with Crippen molar-refractivity contribution in [3.05, 3.63) is 29.3 Å². The zero-order chi connectivity index (χ0) is 19.3. The first kappa shape index (κ1) is 19.9. The molecule has 0 aromatic heterocycles. The Hall–Kier alpha value is -2.41. The van der Waals surface area contributed by atoms with Gasteiger partial charge in [0.25, 0.3) is 11.8 Å². The summed E-state index contributed by atoms with van der Waals surface area (Å²) in [4.78, 5) is 40.2. The summed E-state index contributed by atoms with van der Waals surface area (Å²) in [6, 6.07) is 4.28. The van der Waals surface area contributed by atoms with Crippen LogP contribution in [-0.2, 0) is 0 Å². The second kappa shape index (κ2) is 8.80. The van der Waals surface area contributed by atoms with E-state index >= 15 is 0 Å². The van der Waals surface area contributed by atoms with Crippen LogP contribution >= 0.6 is 0 Å². The number of carbonyl (C=O) groups is 3. The fourth-order valence-corrected chi connectivity index (χ4v) is 3.03. The molecular weight excluding hydrogens is 332 g/mol. The molecule has 0 saturated carbocycles. The molecule has 26 heavy (non-hydrogen) atoms. The highest BCUT2D eigenvalue weighted by atomic mass is 16.2. The quantitative estimate of drug-likeness (QED) is 0.551. The molecule has 0 bridgehead atoms. The van der Waals surface area contributed by atoms with Crippen molar-refractivity contribution >= 4 is 23.5 Å². The number of nitrogens with zero attached hydrogens (tertiary/aromatic N) is 2. The van der Waals surface area contributed by atoms with E-state index in [0.29, 0.717) is 23.4 Å². The van der Waals surface area contributed by atoms with Crippen LogP contribution in [0.15, 0.2) is 18.2 Å². The van der Waals surface area contributed by atoms with Gasteiger partial charge in [0.15, 0.2) is 0 Å². The lowest BCUT2D eigenvalue weighted by atomic mass is 10.1. The summed E-state index contributed by atoms with van der Waals surface area (Å²) < 4.78 is 0. The Morgan fingerprint density at radius 3 is 2.38 bits per heavy atom. The average molecular weight is 360 g/mol. The van der Waals surface area contributed by atoms with Crippen LogP contribution in [0, 0.1) is 0 Å². The normalized spacial score (nSPS) is 13.5. The van der Waals surface area contributed by atoms with Crippen molar-refractivity contribution in [2.45, 2.75) is 40.2 Å². The predicted octanol–water partition coefficient (Wildman–Crippen LogP) is 2.54. The van der Waals surface area contributed by atoms with Gasteiger partial charge < -0.3 is 15.5 Å².